The Hall–Kier alpha value is -5.06. The van der Waals surface area contributed by atoms with Crippen LogP contribution in [0.15, 0.2) is 91.3 Å². The number of benzene rings is 4. The summed E-state index contributed by atoms with van der Waals surface area (Å²) < 4.78 is 67.9. The first-order valence-electron chi connectivity index (χ1n) is 16.2. The number of ether oxygens (including phenoxy) is 1. The first kappa shape index (κ1) is 33.4. The normalized spacial score (nSPS) is 13.7. The molecule has 0 radical (unpaired) electrons. The van der Waals surface area contributed by atoms with E-state index in [4.69, 9.17) is 17.7 Å². The van der Waals surface area contributed by atoms with Crippen LogP contribution in [-0.4, -0.2) is 25.6 Å². The van der Waals surface area contributed by atoms with E-state index in [-0.39, 0.29) is 0 Å². The number of hydrogen-bond donors (Lipinski definition) is 1. The molecule has 10 heteroatoms. The van der Waals surface area contributed by atoms with E-state index in [1.165, 1.54) is 77.4 Å². The first-order chi connectivity index (χ1) is 23.8. The summed E-state index contributed by atoms with van der Waals surface area (Å²) in [5.41, 5.74) is 8.39. The van der Waals surface area contributed by atoms with Gasteiger partial charge in [-0.3, -0.25) is 4.55 Å². The van der Waals surface area contributed by atoms with Crippen molar-refractivity contribution in [2.45, 2.75) is 45.3 Å². The molecule has 8 rings (SSSR count). The molecule has 50 heavy (non-hydrogen) atoms. The highest BCUT2D eigenvalue weighted by Crippen LogP contribution is 2.43. The van der Waals surface area contributed by atoms with Crippen molar-refractivity contribution in [3.63, 3.8) is 0 Å². The van der Waals surface area contributed by atoms with E-state index in [9.17, 15) is 13.2 Å². The Labute approximate surface area is 288 Å². The van der Waals surface area contributed by atoms with Crippen molar-refractivity contribution in [3.8, 4) is 28.3 Å². The number of halogens is 3. The minimum atomic E-state index is -5.84. The number of nitrogens with zero attached hydrogens (tertiary/aromatic N) is 2. The summed E-state index contributed by atoms with van der Waals surface area (Å²) in [4.78, 5) is 0. The van der Waals surface area contributed by atoms with Gasteiger partial charge in [0.25, 0.3) is 0 Å². The zero-order valence-corrected chi connectivity index (χ0v) is 28.6. The molecule has 0 atom stereocenters. The monoisotopic (exact) mass is 696 g/mol. The van der Waals surface area contributed by atoms with Crippen LogP contribution in [0.25, 0.3) is 56.2 Å². The molecule has 0 amide bonds. The minimum absolute atomic E-state index is 0.888. The van der Waals surface area contributed by atoms with Crippen LogP contribution >= 0.6 is 0 Å². The fourth-order valence-electron chi connectivity index (χ4n) is 7.14. The van der Waals surface area contributed by atoms with Gasteiger partial charge in [0.15, 0.2) is 25.5 Å². The highest BCUT2D eigenvalue weighted by molar-refractivity contribution is 7.86. The van der Waals surface area contributed by atoms with Crippen LogP contribution < -0.4 is 13.9 Å². The van der Waals surface area contributed by atoms with Crippen molar-refractivity contribution in [2.24, 2.45) is 0 Å². The standard InChI is InChI=1S/C39H34N2O.CHF3O3S/c1-25-26(2)35-16-19-41-24-32-7-5-4-6-29(32)23-37(41)39(35)38-34(25)15-18-40-17-14-28(21-36(38)40)9-8-27-10-11-31-22-33(42-3)13-12-30(31)20-27;2-1(3,4)8(5,6)7/h4-14,17,20-24H,15-16,18-19H2,1-3H3;(H,5,6,7)/q+2;/b9-8+;. The number of alkyl halides is 3. The molecule has 254 valence electrons. The second-order valence-electron chi connectivity index (χ2n) is 12.7. The van der Waals surface area contributed by atoms with Gasteiger partial charge in [0.05, 0.1) is 18.2 Å². The van der Waals surface area contributed by atoms with Gasteiger partial charge in [0, 0.05) is 36.4 Å². The summed E-state index contributed by atoms with van der Waals surface area (Å²) in [6.45, 7) is 6.71. The third-order valence-electron chi connectivity index (χ3n) is 9.82. The maximum Gasteiger partial charge on any atom is 0.522 e. The summed E-state index contributed by atoms with van der Waals surface area (Å²) in [7, 11) is -4.13. The predicted octanol–water partition coefficient (Wildman–Crippen LogP) is 8.20. The lowest BCUT2D eigenvalue weighted by Gasteiger charge is -2.27. The topological polar surface area (TPSA) is 71.4 Å². The molecule has 2 aromatic heterocycles. The molecule has 2 aliphatic rings. The van der Waals surface area contributed by atoms with Gasteiger partial charge in [-0.2, -0.15) is 30.7 Å². The summed E-state index contributed by atoms with van der Waals surface area (Å²) in [5.74, 6) is 0.888. The lowest BCUT2D eigenvalue weighted by molar-refractivity contribution is -0.689. The lowest BCUT2D eigenvalue weighted by Crippen LogP contribution is -2.43. The van der Waals surface area contributed by atoms with E-state index in [1.54, 1.807) is 7.11 Å². The number of rotatable bonds is 3. The molecule has 0 bridgehead atoms. The average molecular weight is 697 g/mol. The Morgan fingerprint density at radius 2 is 1.26 bits per heavy atom. The SMILES string of the molecule is COc1ccc2cc(/C=C/c3cc[n+]4c(c3)-c3c(c(C)c(C)c5c3-c3cc6ccccc6c[n+]3CC5)CC4)ccc2c1.O=S(=O)(O)C(F)(F)F. The molecule has 0 spiro atoms. The Balaban J connectivity index is 0.000000440. The van der Waals surface area contributed by atoms with Crippen molar-refractivity contribution in [1.82, 2.24) is 0 Å². The van der Waals surface area contributed by atoms with Gasteiger partial charge in [-0.05, 0) is 87.7 Å². The molecule has 6 nitrogen and oxygen atoms in total. The molecule has 6 aromatic rings. The summed E-state index contributed by atoms with van der Waals surface area (Å²) in [6.07, 6.45) is 11.3. The molecule has 2 aliphatic heterocycles. The Kier molecular flexibility index (Phi) is 8.48. The van der Waals surface area contributed by atoms with E-state index < -0.39 is 15.6 Å². The van der Waals surface area contributed by atoms with Crippen LogP contribution in [0.5, 0.6) is 5.75 Å². The summed E-state index contributed by atoms with van der Waals surface area (Å²) >= 11 is 0. The Bertz CT molecular complexity index is 2470. The van der Waals surface area contributed by atoms with Crippen molar-refractivity contribution in [3.05, 3.63) is 125 Å². The number of aromatic nitrogens is 2. The Morgan fingerprint density at radius 1 is 0.720 bits per heavy atom. The highest BCUT2D eigenvalue weighted by atomic mass is 32.2. The van der Waals surface area contributed by atoms with Gasteiger partial charge >= 0.3 is 15.6 Å². The van der Waals surface area contributed by atoms with E-state index in [0.717, 1.165) is 31.7 Å². The zero-order chi connectivity index (χ0) is 35.4. The fraction of sp³-hybridized carbons (Fsp3) is 0.200. The third kappa shape index (κ3) is 6.14. The summed E-state index contributed by atoms with van der Waals surface area (Å²) in [6, 6.07) is 28.7. The van der Waals surface area contributed by atoms with E-state index in [0.29, 0.717) is 0 Å². The Morgan fingerprint density at radius 3 is 1.90 bits per heavy atom. The zero-order valence-electron chi connectivity index (χ0n) is 27.8. The largest absolute Gasteiger partial charge is 0.522 e. The van der Waals surface area contributed by atoms with Gasteiger partial charge in [0.2, 0.25) is 11.4 Å². The van der Waals surface area contributed by atoms with Gasteiger partial charge < -0.3 is 4.74 Å². The van der Waals surface area contributed by atoms with Gasteiger partial charge in [-0.25, -0.2) is 0 Å². The average Bonchev–Trinajstić information content (AvgIpc) is 3.10. The third-order valence-corrected chi connectivity index (χ3v) is 10.4. The van der Waals surface area contributed by atoms with Gasteiger partial charge in [-0.15, -0.1) is 0 Å². The number of methoxy groups -OCH3 is 1. The molecular weight excluding hydrogens is 662 g/mol. The van der Waals surface area contributed by atoms with Crippen LogP contribution in [0.1, 0.15) is 33.4 Å². The maximum atomic E-state index is 10.7. The first-order valence-corrected chi connectivity index (χ1v) is 17.7. The molecule has 0 aliphatic carbocycles. The van der Waals surface area contributed by atoms with E-state index in [2.05, 4.69) is 120 Å². The maximum absolute atomic E-state index is 10.7. The number of hydrogen-bond acceptors (Lipinski definition) is 3. The van der Waals surface area contributed by atoms with Crippen molar-refractivity contribution in [2.75, 3.05) is 7.11 Å². The molecule has 0 fully saturated rings. The predicted molar refractivity (Wildman–Crippen MR) is 189 cm³/mol. The lowest BCUT2D eigenvalue weighted by atomic mass is 9.79. The van der Waals surface area contributed by atoms with Gasteiger partial charge in [-0.1, -0.05) is 48.6 Å². The molecule has 4 aromatic carbocycles. The number of pyridine rings is 2. The quantitative estimate of drug-likeness (QED) is 0.115. The summed E-state index contributed by atoms with van der Waals surface area (Å²) in [5, 5.41) is 5.01. The van der Waals surface area contributed by atoms with Crippen molar-refractivity contribution >= 4 is 43.8 Å². The fourth-order valence-corrected chi connectivity index (χ4v) is 7.14. The molecule has 1 N–H and O–H groups in total. The van der Waals surface area contributed by atoms with Crippen molar-refractivity contribution in [1.29, 1.82) is 0 Å². The van der Waals surface area contributed by atoms with Crippen LogP contribution in [-0.2, 0) is 36.0 Å². The minimum Gasteiger partial charge on any atom is -0.497 e. The smallest absolute Gasteiger partial charge is 0.497 e. The number of fused-ring (bicyclic) bond motifs is 9. The molecular formula is C40H35F3N2O4S+2. The van der Waals surface area contributed by atoms with Crippen LogP contribution in [0.2, 0.25) is 0 Å². The second-order valence-corrected chi connectivity index (χ2v) is 14.1. The second kappa shape index (κ2) is 12.7. The molecule has 4 heterocycles. The molecule has 0 saturated heterocycles. The van der Waals surface area contributed by atoms with E-state index in [1.807, 2.05) is 6.07 Å². The number of aryl methyl sites for hydroxylation is 2. The van der Waals surface area contributed by atoms with Crippen molar-refractivity contribution < 1.29 is 40.0 Å². The highest BCUT2D eigenvalue weighted by Gasteiger charge is 2.44. The molecule has 0 unspecified atom stereocenters. The van der Waals surface area contributed by atoms with Crippen LogP contribution in [0.4, 0.5) is 13.2 Å². The van der Waals surface area contributed by atoms with Gasteiger partial charge in [0.1, 0.15) is 5.75 Å². The molecule has 0 saturated carbocycles. The van der Waals surface area contributed by atoms with Crippen LogP contribution in [0.3, 0.4) is 0 Å². The van der Waals surface area contributed by atoms with E-state index >= 15 is 0 Å². The van der Waals surface area contributed by atoms with Crippen LogP contribution in [0, 0.1) is 13.8 Å².